The molecule has 0 atom stereocenters. The van der Waals surface area contributed by atoms with Gasteiger partial charge in [0.2, 0.25) is 0 Å². The maximum Gasteiger partial charge on any atom is 0.174 e. The summed E-state index contributed by atoms with van der Waals surface area (Å²) in [6, 6.07) is 9.25. The van der Waals surface area contributed by atoms with Crippen LogP contribution in [0.4, 0.5) is 0 Å². The number of methoxy groups -OCH3 is 1. The molecule has 0 saturated heterocycles. The van der Waals surface area contributed by atoms with Crippen LogP contribution in [0.5, 0.6) is 11.5 Å². The second-order valence-corrected chi connectivity index (χ2v) is 11.5. The van der Waals surface area contributed by atoms with Crippen LogP contribution in [0.1, 0.15) is 62.5 Å². The molecule has 5 rings (SSSR count). The smallest absolute Gasteiger partial charge is 0.174 e. The predicted molar refractivity (Wildman–Crippen MR) is 153 cm³/mol. The van der Waals surface area contributed by atoms with Gasteiger partial charge in [-0.3, -0.25) is 9.59 Å². The number of rotatable bonds is 6. The van der Waals surface area contributed by atoms with E-state index in [1.54, 1.807) is 19.2 Å². The summed E-state index contributed by atoms with van der Waals surface area (Å²) in [5.74, 6) is 1.05. The van der Waals surface area contributed by atoms with Crippen molar-refractivity contribution in [2.45, 2.75) is 58.0 Å². The fraction of sp³-hybridized carbons (Fsp3) is 0.379. The maximum atomic E-state index is 13.4. The highest BCUT2D eigenvalue weighted by molar-refractivity contribution is 14.1. The Kier molecular flexibility index (Phi) is 7.89. The normalized spacial score (nSPS) is 18.2. The molecule has 8 heteroatoms. The third kappa shape index (κ3) is 4.92. The number of allylic oxidation sites excluding steroid dienone is 4. The zero-order valence-electron chi connectivity index (χ0n) is 20.8. The number of benzene rings is 2. The molecular weight excluding hydrogens is 624 g/mol. The minimum Gasteiger partial charge on any atom is -0.493 e. The van der Waals surface area contributed by atoms with Gasteiger partial charge < -0.3 is 14.4 Å². The first-order valence-corrected chi connectivity index (χ1v) is 14.4. The summed E-state index contributed by atoms with van der Waals surface area (Å²) < 4.78 is 12.8. The molecule has 2 aliphatic carbocycles. The lowest BCUT2D eigenvalue weighted by Gasteiger charge is -2.43. The zero-order valence-corrected chi connectivity index (χ0v) is 24.5. The number of carbonyl (C=O) groups excluding carboxylic acids is 2. The highest BCUT2D eigenvalue weighted by Gasteiger charge is 2.43. The molecule has 1 heterocycles. The highest BCUT2D eigenvalue weighted by Crippen LogP contribution is 2.50. The van der Waals surface area contributed by atoms with Crippen molar-refractivity contribution >= 4 is 57.4 Å². The van der Waals surface area contributed by atoms with Crippen molar-refractivity contribution in [3.8, 4) is 11.5 Å². The quantitative estimate of drug-likeness (QED) is 0.301. The molecule has 0 bridgehead atoms. The molecule has 5 nitrogen and oxygen atoms in total. The minimum absolute atomic E-state index is 0.140. The number of Topliss-reactive ketones (excluding diaryl/α,β-unsaturated/α-hetero) is 2. The molecule has 2 aromatic carbocycles. The van der Waals surface area contributed by atoms with Crippen LogP contribution in [0.3, 0.4) is 0 Å². The molecule has 3 aliphatic rings. The van der Waals surface area contributed by atoms with Gasteiger partial charge in [-0.1, -0.05) is 29.3 Å². The first-order valence-electron chi connectivity index (χ1n) is 12.6. The third-order valence-corrected chi connectivity index (χ3v) is 8.76. The number of nitrogens with zero attached hydrogens (tertiary/aromatic N) is 1. The molecular formula is C29H28Cl2INO4. The van der Waals surface area contributed by atoms with E-state index in [1.165, 1.54) is 0 Å². The van der Waals surface area contributed by atoms with E-state index in [1.807, 2.05) is 18.2 Å². The van der Waals surface area contributed by atoms with Gasteiger partial charge in [0.05, 0.1) is 10.7 Å². The molecule has 0 unspecified atom stereocenters. The fourth-order valence-electron chi connectivity index (χ4n) is 5.77. The van der Waals surface area contributed by atoms with Crippen molar-refractivity contribution in [2.75, 3.05) is 13.7 Å². The van der Waals surface area contributed by atoms with Gasteiger partial charge in [0.1, 0.15) is 6.61 Å². The summed E-state index contributed by atoms with van der Waals surface area (Å²) in [4.78, 5) is 29.0. The van der Waals surface area contributed by atoms with Crippen LogP contribution >= 0.6 is 45.8 Å². The van der Waals surface area contributed by atoms with E-state index in [2.05, 4.69) is 34.4 Å². The van der Waals surface area contributed by atoms with Crippen LogP contribution in [0, 0.1) is 3.57 Å². The first kappa shape index (κ1) is 26.6. The summed E-state index contributed by atoms with van der Waals surface area (Å²) in [5, 5.41) is 1.10. The number of ether oxygens (including phenoxy) is 2. The van der Waals surface area contributed by atoms with E-state index in [4.69, 9.17) is 32.7 Å². The van der Waals surface area contributed by atoms with E-state index < -0.39 is 0 Å². The van der Waals surface area contributed by atoms with Crippen LogP contribution in [0.25, 0.3) is 0 Å². The standard InChI is InChI=1S/C29H28Cl2INO4/c1-3-33-21-6-4-8-23(34)27(21)26(28-22(33)7-5-9-24(28)35)17-12-20(32)29(25(13-17)36-2)37-15-16-10-11-18(30)14-19(16)31/h10-14,26H,3-9,15H2,1-2H3. The van der Waals surface area contributed by atoms with Crippen LogP contribution < -0.4 is 9.47 Å². The summed E-state index contributed by atoms with van der Waals surface area (Å²) in [6.45, 7) is 3.10. The van der Waals surface area contributed by atoms with Crippen molar-refractivity contribution in [1.82, 2.24) is 4.90 Å². The SMILES string of the molecule is CCN1C2=C(C(=O)CCC2)C(c2cc(I)c(OCc3ccc(Cl)cc3Cl)c(OC)c2)C2=C1CCCC2=O. The van der Waals surface area contributed by atoms with Crippen LogP contribution in [0.2, 0.25) is 10.0 Å². The summed E-state index contributed by atoms with van der Waals surface area (Å²) in [5.41, 5.74) is 5.43. The Morgan fingerprint density at radius 2 is 1.62 bits per heavy atom. The lowest BCUT2D eigenvalue weighted by Crippen LogP contribution is -2.39. The Bertz CT molecular complexity index is 1310. The molecule has 0 fully saturated rings. The Morgan fingerprint density at radius 3 is 2.19 bits per heavy atom. The van der Waals surface area contributed by atoms with E-state index >= 15 is 0 Å². The lowest BCUT2D eigenvalue weighted by atomic mass is 9.71. The van der Waals surface area contributed by atoms with E-state index in [-0.39, 0.29) is 24.1 Å². The van der Waals surface area contributed by atoms with Gasteiger partial charge in [0.25, 0.3) is 0 Å². The second-order valence-electron chi connectivity index (χ2n) is 9.51. The average Bonchev–Trinajstić information content (AvgIpc) is 2.87. The topological polar surface area (TPSA) is 55.8 Å². The van der Waals surface area contributed by atoms with Gasteiger partial charge in [0.15, 0.2) is 23.1 Å². The number of hydrogen-bond donors (Lipinski definition) is 0. The number of hydrogen-bond acceptors (Lipinski definition) is 5. The van der Waals surface area contributed by atoms with Crippen molar-refractivity contribution in [2.24, 2.45) is 0 Å². The third-order valence-electron chi connectivity index (χ3n) is 7.37. The molecule has 0 radical (unpaired) electrons. The van der Waals surface area contributed by atoms with E-state index in [0.717, 1.165) is 69.5 Å². The van der Waals surface area contributed by atoms with Gasteiger partial charge in [-0.15, -0.1) is 0 Å². The van der Waals surface area contributed by atoms with Crippen molar-refractivity contribution in [3.63, 3.8) is 0 Å². The van der Waals surface area contributed by atoms with Gasteiger partial charge in [-0.05, 0) is 85.0 Å². The molecule has 0 aromatic heterocycles. The van der Waals surface area contributed by atoms with Crippen molar-refractivity contribution in [1.29, 1.82) is 0 Å². The van der Waals surface area contributed by atoms with Crippen LogP contribution in [0.15, 0.2) is 52.9 Å². The van der Waals surface area contributed by atoms with Crippen LogP contribution in [-0.2, 0) is 16.2 Å². The lowest BCUT2D eigenvalue weighted by molar-refractivity contribution is -0.117. The number of ketones is 2. The maximum absolute atomic E-state index is 13.4. The molecule has 1 aliphatic heterocycles. The second kappa shape index (κ2) is 11.0. The Balaban J connectivity index is 1.59. The molecule has 0 spiro atoms. The summed E-state index contributed by atoms with van der Waals surface area (Å²) >= 11 is 14.6. The highest BCUT2D eigenvalue weighted by atomic mass is 127. The van der Waals surface area contributed by atoms with Crippen molar-refractivity contribution in [3.05, 3.63) is 77.6 Å². The molecule has 0 saturated carbocycles. The Labute approximate surface area is 240 Å². The van der Waals surface area contributed by atoms with Gasteiger partial charge in [0, 0.05) is 63.5 Å². The van der Waals surface area contributed by atoms with E-state index in [9.17, 15) is 9.59 Å². The largest absolute Gasteiger partial charge is 0.493 e. The van der Waals surface area contributed by atoms with Crippen molar-refractivity contribution < 1.29 is 19.1 Å². The number of halogens is 3. The predicted octanol–water partition coefficient (Wildman–Crippen LogP) is 7.62. The minimum atomic E-state index is -0.379. The molecule has 194 valence electrons. The molecule has 2 aromatic rings. The van der Waals surface area contributed by atoms with Gasteiger partial charge >= 0.3 is 0 Å². The summed E-state index contributed by atoms with van der Waals surface area (Å²) in [6.07, 6.45) is 4.43. The Morgan fingerprint density at radius 1 is 0.973 bits per heavy atom. The van der Waals surface area contributed by atoms with E-state index in [0.29, 0.717) is 34.4 Å². The first-order chi connectivity index (χ1) is 17.8. The molecule has 37 heavy (non-hydrogen) atoms. The monoisotopic (exact) mass is 651 g/mol. The average molecular weight is 652 g/mol. The van der Waals surface area contributed by atoms with Gasteiger partial charge in [-0.25, -0.2) is 0 Å². The zero-order chi connectivity index (χ0) is 26.3. The fourth-order valence-corrected chi connectivity index (χ4v) is 7.01. The molecule has 0 amide bonds. The Hall–Kier alpha value is -2.03. The molecule has 0 N–H and O–H groups in total. The van der Waals surface area contributed by atoms with Gasteiger partial charge in [-0.2, -0.15) is 0 Å². The summed E-state index contributed by atoms with van der Waals surface area (Å²) in [7, 11) is 1.60. The number of carbonyl (C=O) groups is 2. The van der Waals surface area contributed by atoms with Crippen LogP contribution in [-0.4, -0.2) is 30.1 Å².